The van der Waals surface area contributed by atoms with Gasteiger partial charge < -0.3 is 38.6 Å². The average Bonchev–Trinajstić information content (AvgIpc) is 3.38. The fraction of sp³-hybridized carbons (Fsp3) is 0.875. The van der Waals surface area contributed by atoms with Crippen LogP contribution in [0.1, 0.15) is 79.1 Å². The Bertz CT molecular complexity index is 1170. The van der Waals surface area contributed by atoms with Gasteiger partial charge in [-0.3, -0.25) is 4.79 Å². The van der Waals surface area contributed by atoms with Crippen LogP contribution in [0.15, 0.2) is 11.6 Å². The largest absolute Gasteiger partial charge is 0.458 e. The first-order valence-electron chi connectivity index (χ1n) is 15.8. The molecule has 10 heteroatoms. The van der Waals surface area contributed by atoms with Gasteiger partial charge in [-0.1, -0.05) is 13.8 Å². The first-order valence-corrected chi connectivity index (χ1v) is 15.8. The smallest absolute Gasteiger partial charge is 0.331 e. The minimum Gasteiger partial charge on any atom is -0.458 e. The van der Waals surface area contributed by atoms with Crippen LogP contribution < -0.4 is 0 Å². The average molecular weight is 591 g/mol. The van der Waals surface area contributed by atoms with Crippen LogP contribution in [0.25, 0.3) is 0 Å². The van der Waals surface area contributed by atoms with E-state index in [0.717, 1.165) is 50.5 Å². The molecule has 4 saturated carbocycles. The summed E-state index contributed by atoms with van der Waals surface area (Å²) in [6.07, 6.45) is 4.48. The molecule has 3 aliphatic heterocycles. The normalized spacial score (nSPS) is 54.5. The lowest BCUT2D eigenvalue weighted by Crippen LogP contribution is -2.68. The Hall–Kier alpha value is -1.56. The van der Waals surface area contributed by atoms with Crippen LogP contribution in [0.4, 0.5) is 0 Å². The molecule has 0 aromatic carbocycles. The number of rotatable bonds is 5. The molecule has 0 bridgehead atoms. The number of hydrogen-bond acceptors (Lipinski definition) is 10. The Labute approximate surface area is 247 Å². The summed E-state index contributed by atoms with van der Waals surface area (Å²) >= 11 is 0. The number of ether oxygens (including phenoxy) is 6. The van der Waals surface area contributed by atoms with E-state index in [1.807, 2.05) is 0 Å². The lowest BCUT2D eigenvalue weighted by atomic mass is 9.43. The number of hydrogen-bond donors (Lipinski definition) is 2. The molecular weight excluding hydrogens is 544 g/mol. The third kappa shape index (κ3) is 3.84. The van der Waals surface area contributed by atoms with Crippen molar-refractivity contribution in [3.8, 4) is 0 Å². The van der Waals surface area contributed by atoms with Gasteiger partial charge >= 0.3 is 11.9 Å². The molecule has 7 rings (SSSR count). The van der Waals surface area contributed by atoms with Crippen molar-refractivity contribution in [3.05, 3.63) is 11.6 Å². The minimum absolute atomic E-state index is 0.00499. The van der Waals surface area contributed by atoms with Crippen LogP contribution >= 0.6 is 0 Å². The maximum Gasteiger partial charge on any atom is 0.331 e. The Morgan fingerprint density at radius 1 is 1.10 bits per heavy atom. The third-order valence-electron chi connectivity index (χ3n) is 13.0. The molecule has 0 amide bonds. The molecule has 4 aliphatic carbocycles. The topological polar surface area (TPSA) is 133 Å². The molecule has 2 N–H and O–H groups in total. The van der Waals surface area contributed by atoms with Gasteiger partial charge in [0, 0.05) is 25.5 Å². The van der Waals surface area contributed by atoms with Gasteiger partial charge in [-0.25, -0.2) is 4.79 Å². The van der Waals surface area contributed by atoms with Crippen LogP contribution in [0.5, 0.6) is 0 Å². The van der Waals surface area contributed by atoms with Crippen LogP contribution in [0.3, 0.4) is 0 Å². The van der Waals surface area contributed by atoms with Gasteiger partial charge in [0.15, 0.2) is 12.4 Å². The molecule has 234 valence electrons. The number of fused-ring (bicyclic) bond motifs is 3. The lowest BCUT2D eigenvalue weighted by Gasteiger charge is -2.62. The predicted molar refractivity (Wildman–Crippen MR) is 147 cm³/mol. The highest BCUT2D eigenvalue weighted by molar-refractivity contribution is 5.85. The van der Waals surface area contributed by atoms with Crippen molar-refractivity contribution in [1.29, 1.82) is 0 Å². The second kappa shape index (κ2) is 9.72. The standard InChI is InChI=1S/C32H46O10/c1-16-25(35)26(37-5)27(40-17(2)33)28(39-16)41-20-6-9-29(3)19(13-20)14-23-32(42-23)22(29)8-10-30(4)21(7-11-31(30,32)36)18-12-24(34)38-15-18/h12,16,19-23,25-28,35-36H,6-11,13-15H2,1-5H3/t16-,19-,20+,21+,22+,23-,25-,26-,27+,28-,29-,30+,31-,32+/m0/s1. The zero-order valence-electron chi connectivity index (χ0n) is 25.4. The van der Waals surface area contributed by atoms with Crippen LogP contribution in [0.2, 0.25) is 0 Å². The van der Waals surface area contributed by atoms with Gasteiger partial charge in [-0.15, -0.1) is 0 Å². The summed E-state index contributed by atoms with van der Waals surface area (Å²) in [7, 11) is 1.49. The molecule has 0 aromatic heterocycles. The Morgan fingerprint density at radius 2 is 1.88 bits per heavy atom. The Kier molecular flexibility index (Phi) is 6.75. The van der Waals surface area contributed by atoms with Crippen LogP contribution in [-0.2, 0) is 38.0 Å². The molecule has 0 unspecified atom stereocenters. The highest BCUT2D eigenvalue weighted by Crippen LogP contribution is 2.77. The van der Waals surface area contributed by atoms with Crippen molar-refractivity contribution in [1.82, 2.24) is 0 Å². The molecule has 6 fully saturated rings. The highest BCUT2D eigenvalue weighted by atomic mass is 16.7. The Morgan fingerprint density at radius 3 is 2.57 bits per heavy atom. The van der Waals surface area contributed by atoms with Gasteiger partial charge in [-0.05, 0) is 87.0 Å². The van der Waals surface area contributed by atoms with E-state index in [1.165, 1.54) is 14.0 Å². The van der Waals surface area contributed by atoms with Crippen LogP contribution in [-0.4, -0.2) is 90.0 Å². The Balaban J connectivity index is 1.09. The van der Waals surface area contributed by atoms with E-state index in [1.54, 1.807) is 13.0 Å². The van der Waals surface area contributed by atoms with Crippen molar-refractivity contribution in [3.63, 3.8) is 0 Å². The van der Waals surface area contributed by atoms with Crippen molar-refractivity contribution < 1.29 is 48.2 Å². The molecular formula is C32H46O10. The maximum atomic E-state index is 12.6. The number of aliphatic hydroxyl groups excluding tert-OH is 1. The van der Waals surface area contributed by atoms with Crippen molar-refractivity contribution >= 4 is 11.9 Å². The van der Waals surface area contributed by atoms with E-state index in [4.69, 9.17) is 28.4 Å². The molecule has 3 heterocycles. The number of aliphatic hydroxyl groups is 2. The van der Waals surface area contributed by atoms with Crippen molar-refractivity contribution in [2.45, 2.75) is 133 Å². The number of epoxide rings is 1. The summed E-state index contributed by atoms with van der Waals surface area (Å²) in [5, 5.41) is 23.3. The summed E-state index contributed by atoms with van der Waals surface area (Å²) in [6, 6.07) is 0. The van der Waals surface area contributed by atoms with Gasteiger partial charge in [0.25, 0.3) is 0 Å². The molecule has 0 aromatic rings. The van der Waals surface area contributed by atoms with Crippen LogP contribution in [0, 0.1) is 28.6 Å². The summed E-state index contributed by atoms with van der Waals surface area (Å²) in [5.74, 6) is -0.0281. The molecule has 10 nitrogen and oxygen atoms in total. The fourth-order valence-corrected chi connectivity index (χ4v) is 10.8. The summed E-state index contributed by atoms with van der Waals surface area (Å²) in [6.45, 7) is 8.04. The summed E-state index contributed by atoms with van der Waals surface area (Å²) in [5.41, 5.74) is -0.815. The molecule has 14 atom stereocenters. The number of cyclic esters (lactones) is 1. The lowest BCUT2D eigenvalue weighted by molar-refractivity contribution is -0.315. The second-order valence-corrected chi connectivity index (χ2v) is 14.6. The van der Waals surface area contributed by atoms with Gasteiger partial charge in [-0.2, -0.15) is 0 Å². The molecule has 42 heavy (non-hydrogen) atoms. The van der Waals surface area contributed by atoms with Crippen molar-refractivity contribution in [2.24, 2.45) is 28.6 Å². The maximum absolute atomic E-state index is 12.6. The second-order valence-electron chi connectivity index (χ2n) is 14.6. The number of methoxy groups -OCH3 is 1. The monoisotopic (exact) mass is 590 g/mol. The molecule has 1 spiro atoms. The quantitative estimate of drug-likeness (QED) is 0.280. The zero-order valence-corrected chi connectivity index (χ0v) is 25.4. The predicted octanol–water partition coefficient (Wildman–Crippen LogP) is 2.81. The molecule has 7 aliphatic rings. The first-order chi connectivity index (χ1) is 19.9. The highest BCUT2D eigenvalue weighted by Gasteiger charge is 2.84. The van der Waals surface area contributed by atoms with E-state index < -0.39 is 47.9 Å². The van der Waals surface area contributed by atoms with Gasteiger partial charge in [0.2, 0.25) is 0 Å². The summed E-state index contributed by atoms with van der Waals surface area (Å²) < 4.78 is 35.6. The third-order valence-corrected chi connectivity index (χ3v) is 13.0. The van der Waals surface area contributed by atoms with E-state index in [-0.39, 0.29) is 40.8 Å². The van der Waals surface area contributed by atoms with Gasteiger partial charge in [0.1, 0.15) is 30.0 Å². The summed E-state index contributed by atoms with van der Waals surface area (Å²) in [4.78, 5) is 23.8. The van der Waals surface area contributed by atoms with Crippen molar-refractivity contribution in [2.75, 3.05) is 13.7 Å². The molecule has 0 radical (unpaired) electrons. The first kappa shape index (κ1) is 29.2. The van der Waals surface area contributed by atoms with E-state index >= 15 is 0 Å². The fourth-order valence-electron chi connectivity index (χ4n) is 10.8. The minimum atomic E-state index is -0.941. The number of carbonyl (C=O) groups excluding carboxylic acids is 2. The van der Waals surface area contributed by atoms with E-state index in [2.05, 4.69) is 13.8 Å². The zero-order chi connectivity index (χ0) is 29.8. The SMILES string of the molecule is CO[C@H]1[C@@H](O)[C@H](C)O[C@@H](O[C@@H]2CC[C@@]3(C)[C@@H](C2)C[C@@H]2O[C@]24[C@@H]3CC[C@]2(C)[C@@H](C3=CC(=O)OC3)CC[C@@]42O)[C@@H]1OC(C)=O. The van der Waals surface area contributed by atoms with E-state index in [9.17, 15) is 19.8 Å². The van der Waals surface area contributed by atoms with Gasteiger partial charge in [0.05, 0.1) is 18.3 Å². The van der Waals surface area contributed by atoms with E-state index in [0.29, 0.717) is 18.9 Å². The number of carbonyl (C=O) groups is 2. The number of esters is 2. The molecule has 2 saturated heterocycles.